The van der Waals surface area contributed by atoms with E-state index >= 15 is 0 Å². The molecule has 0 amide bonds. The second-order valence-corrected chi connectivity index (χ2v) is 7.42. The van der Waals surface area contributed by atoms with Gasteiger partial charge in [0.15, 0.2) is 5.43 Å². The predicted molar refractivity (Wildman–Crippen MR) is 111 cm³/mol. The Kier molecular flexibility index (Phi) is 3.91. The van der Waals surface area contributed by atoms with Crippen LogP contribution in [0.3, 0.4) is 0 Å². The highest BCUT2D eigenvalue weighted by Crippen LogP contribution is 2.37. The highest BCUT2D eigenvalue weighted by atomic mass is 35.5. The van der Waals surface area contributed by atoms with Gasteiger partial charge in [0.25, 0.3) is 5.56 Å². The molecule has 1 fully saturated rings. The molecule has 0 bridgehead atoms. The van der Waals surface area contributed by atoms with Gasteiger partial charge in [0.2, 0.25) is 0 Å². The number of rotatable bonds is 3. The van der Waals surface area contributed by atoms with E-state index in [2.05, 4.69) is 4.98 Å². The second-order valence-electron chi connectivity index (χ2n) is 7.01. The molecule has 1 aliphatic rings. The van der Waals surface area contributed by atoms with Crippen molar-refractivity contribution in [2.75, 3.05) is 0 Å². The maximum absolute atomic E-state index is 12.4. The maximum Gasteiger partial charge on any atom is 0.269 e. The van der Waals surface area contributed by atoms with Gasteiger partial charge in [-0.15, -0.1) is 0 Å². The Morgan fingerprint density at radius 1 is 1.04 bits per heavy atom. The molecule has 138 valence electrons. The van der Waals surface area contributed by atoms with E-state index in [0.717, 1.165) is 35.2 Å². The van der Waals surface area contributed by atoms with Crippen LogP contribution in [0.1, 0.15) is 18.9 Å². The zero-order chi connectivity index (χ0) is 19.3. The number of fused-ring (bicyclic) bond motifs is 1. The molecule has 0 atom stereocenters. The molecular weight excluding hydrogens is 374 g/mol. The molecule has 1 N–H and O–H groups in total. The summed E-state index contributed by atoms with van der Waals surface area (Å²) in [7, 11) is 0. The van der Waals surface area contributed by atoms with Gasteiger partial charge < -0.3 is 9.55 Å². The number of halogens is 1. The molecule has 0 saturated heterocycles. The summed E-state index contributed by atoms with van der Waals surface area (Å²) < 4.78 is 1.70. The number of hydrogen-bond donors (Lipinski definition) is 1. The van der Waals surface area contributed by atoms with E-state index in [9.17, 15) is 9.59 Å². The maximum atomic E-state index is 12.4. The summed E-state index contributed by atoms with van der Waals surface area (Å²) in [6.45, 7) is 0. The molecule has 0 aliphatic heterocycles. The van der Waals surface area contributed by atoms with Crippen LogP contribution in [0.5, 0.6) is 0 Å². The summed E-state index contributed by atoms with van der Waals surface area (Å²) in [4.78, 5) is 32.6. The Morgan fingerprint density at radius 2 is 1.82 bits per heavy atom. The molecule has 0 unspecified atom stereocenters. The third-order valence-corrected chi connectivity index (χ3v) is 5.31. The molecule has 1 aliphatic carbocycles. The first kappa shape index (κ1) is 17.0. The zero-order valence-electron chi connectivity index (χ0n) is 14.9. The van der Waals surface area contributed by atoms with Gasteiger partial charge in [-0.25, -0.2) is 4.98 Å². The minimum Gasteiger partial charge on any atom is -0.346 e. The number of pyridine rings is 3. The average Bonchev–Trinajstić information content (AvgIpc) is 3.55. The van der Waals surface area contributed by atoms with Crippen LogP contribution in [0.15, 0.2) is 70.5 Å². The van der Waals surface area contributed by atoms with E-state index < -0.39 is 0 Å². The fourth-order valence-electron chi connectivity index (χ4n) is 3.47. The van der Waals surface area contributed by atoms with E-state index in [1.807, 2.05) is 42.6 Å². The molecular formula is C22H16ClN3O2. The van der Waals surface area contributed by atoms with Crippen LogP contribution in [0.4, 0.5) is 0 Å². The zero-order valence-corrected chi connectivity index (χ0v) is 15.6. The number of H-pyrrole nitrogens is 1. The molecule has 28 heavy (non-hydrogen) atoms. The summed E-state index contributed by atoms with van der Waals surface area (Å²) in [5.74, 6) is 0. The standard InChI is InChI=1S/C22H16ClN3O2/c23-18-10-14(12-26(22(18)28)15-6-7-15)16-11-17-19(27)8-9-24-21(17)25-20(16)13-4-2-1-3-5-13/h1-5,8-12,15H,6-7H2,(H,24,25,27). The summed E-state index contributed by atoms with van der Waals surface area (Å²) in [5, 5.41) is 0.669. The van der Waals surface area contributed by atoms with Crippen LogP contribution in [0.25, 0.3) is 33.4 Å². The van der Waals surface area contributed by atoms with Crippen LogP contribution in [0.2, 0.25) is 5.02 Å². The minimum atomic E-state index is -0.180. The quantitative estimate of drug-likeness (QED) is 0.564. The Morgan fingerprint density at radius 3 is 2.57 bits per heavy atom. The molecule has 0 spiro atoms. The lowest BCUT2D eigenvalue weighted by molar-refractivity contribution is 0.709. The van der Waals surface area contributed by atoms with Gasteiger partial charge in [-0.1, -0.05) is 41.9 Å². The fourth-order valence-corrected chi connectivity index (χ4v) is 3.69. The lowest BCUT2D eigenvalue weighted by Gasteiger charge is -2.13. The van der Waals surface area contributed by atoms with Crippen LogP contribution in [0, 0.1) is 0 Å². The Bertz CT molecular complexity index is 1320. The SMILES string of the molecule is O=c1cc[nH]c2nc(-c3ccccc3)c(-c3cc(Cl)c(=O)n(C4CC4)c3)cc12. The van der Waals surface area contributed by atoms with Crippen molar-refractivity contribution in [1.29, 1.82) is 0 Å². The van der Waals surface area contributed by atoms with Crippen molar-refractivity contribution in [2.45, 2.75) is 18.9 Å². The number of nitrogens with zero attached hydrogens (tertiary/aromatic N) is 2. The Hall–Kier alpha value is -3.18. The molecule has 5 rings (SSSR count). The average molecular weight is 390 g/mol. The summed E-state index contributed by atoms with van der Waals surface area (Å²) in [6.07, 6.45) is 5.37. The van der Waals surface area contributed by atoms with Gasteiger partial charge in [-0.05, 0) is 25.0 Å². The largest absolute Gasteiger partial charge is 0.346 e. The van der Waals surface area contributed by atoms with E-state index in [4.69, 9.17) is 16.6 Å². The number of nitrogens with one attached hydrogen (secondary N) is 1. The molecule has 0 radical (unpaired) electrons. The van der Waals surface area contributed by atoms with E-state index in [1.165, 1.54) is 6.07 Å². The van der Waals surface area contributed by atoms with Crippen LogP contribution < -0.4 is 11.0 Å². The van der Waals surface area contributed by atoms with Crippen LogP contribution in [-0.4, -0.2) is 14.5 Å². The van der Waals surface area contributed by atoms with Crippen molar-refractivity contribution >= 4 is 22.6 Å². The van der Waals surface area contributed by atoms with E-state index in [-0.39, 0.29) is 22.1 Å². The van der Waals surface area contributed by atoms with Gasteiger partial charge >= 0.3 is 0 Å². The first-order chi connectivity index (χ1) is 13.6. The molecule has 3 aromatic heterocycles. The van der Waals surface area contributed by atoms with Gasteiger partial charge in [-0.3, -0.25) is 9.59 Å². The lowest BCUT2D eigenvalue weighted by atomic mass is 9.99. The molecule has 5 nitrogen and oxygen atoms in total. The number of aromatic amines is 1. The van der Waals surface area contributed by atoms with Crippen molar-refractivity contribution in [3.63, 3.8) is 0 Å². The molecule has 4 aromatic rings. The first-order valence-electron chi connectivity index (χ1n) is 9.12. The third kappa shape index (κ3) is 2.84. The number of aromatic nitrogens is 3. The number of benzene rings is 1. The highest BCUT2D eigenvalue weighted by molar-refractivity contribution is 6.30. The third-order valence-electron chi connectivity index (χ3n) is 5.04. The molecule has 6 heteroatoms. The second kappa shape index (κ2) is 6.46. The highest BCUT2D eigenvalue weighted by Gasteiger charge is 2.26. The molecule has 3 heterocycles. The monoisotopic (exact) mass is 389 g/mol. The van der Waals surface area contributed by atoms with Crippen molar-refractivity contribution in [3.05, 3.63) is 86.5 Å². The van der Waals surface area contributed by atoms with Crippen molar-refractivity contribution in [2.24, 2.45) is 0 Å². The Balaban J connectivity index is 1.84. The van der Waals surface area contributed by atoms with Gasteiger partial charge in [0.1, 0.15) is 10.7 Å². The first-order valence-corrected chi connectivity index (χ1v) is 9.49. The van der Waals surface area contributed by atoms with Gasteiger partial charge in [-0.2, -0.15) is 0 Å². The summed E-state index contributed by atoms with van der Waals surface area (Å²) >= 11 is 6.27. The van der Waals surface area contributed by atoms with Crippen LogP contribution in [-0.2, 0) is 0 Å². The minimum absolute atomic E-state index is 0.108. The van der Waals surface area contributed by atoms with E-state index in [0.29, 0.717) is 11.0 Å². The van der Waals surface area contributed by atoms with Crippen LogP contribution >= 0.6 is 11.6 Å². The van der Waals surface area contributed by atoms with Crippen molar-refractivity contribution in [1.82, 2.24) is 14.5 Å². The number of hydrogen-bond acceptors (Lipinski definition) is 3. The van der Waals surface area contributed by atoms with Crippen molar-refractivity contribution < 1.29 is 0 Å². The lowest BCUT2D eigenvalue weighted by Crippen LogP contribution is -2.19. The van der Waals surface area contributed by atoms with Gasteiger partial charge in [0.05, 0.1) is 11.1 Å². The topological polar surface area (TPSA) is 67.8 Å². The smallest absolute Gasteiger partial charge is 0.269 e. The normalized spacial score (nSPS) is 13.8. The summed E-state index contributed by atoms with van der Waals surface area (Å²) in [5.41, 5.74) is 3.43. The molecule has 1 aromatic carbocycles. The predicted octanol–water partition coefficient (Wildman–Crippen LogP) is 4.41. The molecule has 1 saturated carbocycles. The Labute approximate surface area is 165 Å². The van der Waals surface area contributed by atoms with Crippen molar-refractivity contribution in [3.8, 4) is 22.4 Å². The van der Waals surface area contributed by atoms with E-state index in [1.54, 1.807) is 16.8 Å². The van der Waals surface area contributed by atoms with Gasteiger partial charge in [0, 0.05) is 41.2 Å². The summed E-state index contributed by atoms with van der Waals surface area (Å²) in [6, 6.07) is 14.9. The fraction of sp³-hybridized carbons (Fsp3) is 0.136.